The molecule has 0 atom stereocenters. The Balaban J connectivity index is 1.66. The van der Waals surface area contributed by atoms with Crippen molar-refractivity contribution in [3.05, 3.63) is 65.2 Å². The van der Waals surface area contributed by atoms with Crippen LogP contribution in [0.25, 0.3) is 0 Å². The number of sulfonamides is 1. The van der Waals surface area contributed by atoms with Gasteiger partial charge in [0.1, 0.15) is 11.6 Å². The van der Waals surface area contributed by atoms with Crippen molar-refractivity contribution in [3.8, 4) is 0 Å². The maximum Gasteiger partial charge on any atom is 0.242 e. The molecule has 0 bridgehead atoms. The third-order valence-corrected chi connectivity index (χ3v) is 5.28. The molecule has 5 nitrogen and oxygen atoms in total. The second-order valence-electron chi connectivity index (χ2n) is 5.70. The first-order chi connectivity index (χ1) is 11.9. The summed E-state index contributed by atoms with van der Waals surface area (Å²) >= 11 is 0. The average molecular weight is 366 g/mol. The molecule has 0 radical (unpaired) electrons. The molecule has 1 amide bonds. The highest BCUT2D eigenvalue weighted by molar-refractivity contribution is 7.88. The van der Waals surface area contributed by atoms with Crippen molar-refractivity contribution in [2.24, 2.45) is 0 Å². The number of nitrogens with zero attached hydrogens (tertiary/aromatic N) is 1. The average Bonchev–Trinajstić information content (AvgIpc) is 3.00. The molecule has 0 aliphatic carbocycles. The summed E-state index contributed by atoms with van der Waals surface area (Å²) in [6.45, 7) is 0.00852. The van der Waals surface area contributed by atoms with Gasteiger partial charge in [0.05, 0.1) is 12.3 Å². The highest BCUT2D eigenvalue weighted by Gasteiger charge is 2.25. The maximum absolute atomic E-state index is 13.6. The number of hydrogen-bond acceptors (Lipinski definition) is 3. The number of hydrogen-bond donors (Lipinski definition) is 1. The van der Waals surface area contributed by atoms with Gasteiger partial charge in [0.25, 0.3) is 0 Å². The summed E-state index contributed by atoms with van der Waals surface area (Å²) in [5, 5.41) is 0. The molecule has 2 aromatic rings. The van der Waals surface area contributed by atoms with Crippen LogP contribution in [0.5, 0.6) is 0 Å². The fraction of sp³-hybridized carbons (Fsp3) is 0.235. The molecule has 1 aliphatic rings. The number of para-hydroxylation sites is 1. The Morgan fingerprint density at radius 1 is 1.08 bits per heavy atom. The lowest BCUT2D eigenvalue weighted by Gasteiger charge is -2.17. The van der Waals surface area contributed by atoms with Crippen LogP contribution in [0.15, 0.2) is 42.5 Å². The molecule has 132 valence electrons. The first kappa shape index (κ1) is 17.5. The number of nitrogens with one attached hydrogen (secondary N) is 1. The van der Waals surface area contributed by atoms with Crippen LogP contribution < -0.4 is 9.62 Å². The monoisotopic (exact) mass is 366 g/mol. The normalized spacial score (nSPS) is 13.8. The van der Waals surface area contributed by atoms with E-state index in [1.807, 2.05) is 12.1 Å². The minimum Gasteiger partial charge on any atom is -0.311 e. The van der Waals surface area contributed by atoms with Gasteiger partial charge in [-0.25, -0.2) is 21.9 Å². The predicted octanol–water partition coefficient (Wildman–Crippen LogP) is 1.97. The van der Waals surface area contributed by atoms with E-state index in [2.05, 4.69) is 4.72 Å². The van der Waals surface area contributed by atoms with Gasteiger partial charge >= 0.3 is 0 Å². The number of carbonyl (C=O) groups excluding carboxylic acids is 1. The molecule has 2 aromatic carbocycles. The Morgan fingerprint density at radius 2 is 1.76 bits per heavy atom. The molecular weight excluding hydrogens is 350 g/mol. The van der Waals surface area contributed by atoms with Gasteiger partial charge in [0.15, 0.2) is 0 Å². The number of rotatable bonds is 5. The molecule has 0 aromatic heterocycles. The number of fused-ring (bicyclic) bond motifs is 1. The second kappa shape index (κ2) is 6.89. The van der Waals surface area contributed by atoms with Crippen molar-refractivity contribution in [2.75, 3.05) is 18.0 Å². The molecule has 1 N–H and O–H groups in total. The molecule has 0 unspecified atom stereocenters. The van der Waals surface area contributed by atoms with Crippen molar-refractivity contribution >= 4 is 21.6 Å². The van der Waals surface area contributed by atoms with Crippen LogP contribution in [-0.2, 0) is 27.0 Å². The fourth-order valence-electron chi connectivity index (χ4n) is 2.78. The summed E-state index contributed by atoms with van der Waals surface area (Å²) in [5.41, 5.74) is 1.23. The van der Waals surface area contributed by atoms with Crippen LogP contribution in [0, 0.1) is 11.6 Å². The highest BCUT2D eigenvalue weighted by atomic mass is 32.2. The van der Waals surface area contributed by atoms with Gasteiger partial charge < -0.3 is 4.90 Å². The first-order valence-corrected chi connectivity index (χ1v) is 9.31. The number of benzene rings is 2. The van der Waals surface area contributed by atoms with E-state index in [-0.39, 0.29) is 0 Å². The van der Waals surface area contributed by atoms with E-state index >= 15 is 0 Å². The lowest BCUT2D eigenvalue weighted by molar-refractivity contribution is -0.117. The molecule has 0 saturated carbocycles. The van der Waals surface area contributed by atoms with Gasteiger partial charge in [-0.05, 0) is 30.2 Å². The number of anilines is 1. The van der Waals surface area contributed by atoms with Crippen molar-refractivity contribution in [1.82, 2.24) is 4.72 Å². The molecule has 0 spiro atoms. The minimum atomic E-state index is -4.06. The zero-order valence-corrected chi connectivity index (χ0v) is 14.0. The summed E-state index contributed by atoms with van der Waals surface area (Å²) in [7, 11) is -4.06. The topological polar surface area (TPSA) is 66.5 Å². The van der Waals surface area contributed by atoms with Gasteiger partial charge in [-0.3, -0.25) is 4.79 Å². The highest BCUT2D eigenvalue weighted by Crippen LogP contribution is 2.27. The van der Waals surface area contributed by atoms with Gasteiger partial charge in [-0.1, -0.05) is 24.3 Å². The van der Waals surface area contributed by atoms with E-state index in [1.165, 1.54) is 4.90 Å². The zero-order chi connectivity index (χ0) is 18.0. The van der Waals surface area contributed by atoms with Crippen molar-refractivity contribution in [2.45, 2.75) is 12.2 Å². The SMILES string of the molecule is O=C(CNS(=O)(=O)Cc1c(F)cccc1F)N1CCc2ccccc21. The van der Waals surface area contributed by atoms with Crippen molar-refractivity contribution < 1.29 is 22.0 Å². The van der Waals surface area contributed by atoms with E-state index in [4.69, 9.17) is 0 Å². The quantitative estimate of drug-likeness (QED) is 0.880. The fourth-order valence-corrected chi connectivity index (χ4v) is 3.88. The van der Waals surface area contributed by atoms with Crippen LogP contribution in [0.2, 0.25) is 0 Å². The van der Waals surface area contributed by atoms with Crippen molar-refractivity contribution in [3.63, 3.8) is 0 Å². The summed E-state index contributed by atoms with van der Waals surface area (Å²) < 4.78 is 53.4. The van der Waals surface area contributed by atoms with Crippen LogP contribution >= 0.6 is 0 Å². The lowest BCUT2D eigenvalue weighted by Crippen LogP contribution is -2.39. The molecule has 25 heavy (non-hydrogen) atoms. The molecule has 0 saturated heterocycles. The third-order valence-electron chi connectivity index (χ3n) is 4.03. The summed E-state index contributed by atoms with van der Waals surface area (Å²) in [6.07, 6.45) is 0.703. The number of carbonyl (C=O) groups is 1. The van der Waals surface area contributed by atoms with E-state index < -0.39 is 45.4 Å². The van der Waals surface area contributed by atoms with E-state index in [0.29, 0.717) is 13.0 Å². The zero-order valence-electron chi connectivity index (χ0n) is 13.2. The summed E-state index contributed by atoms with van der Waals surface area (Å²) in [4.78, 5) is 13.8. The molecular formula is C17H16F2N2O3S. The predicted molar refractivity (Wildman–Crippen MR) is 89.5 cm³/mol. The van der Waals surface area contributed by atoms with Gasteiger partial charge in [0, 0.05) is 17.8 Å². The Bertz CT molecular complexity index is 896. The summed E-state index contributed by atoms with van der Waals surface area (Å²) in [6, 6.07) is 10.5. The van der Waals surface area contributed by atoms with Crippen LogP contribution in [0.4, 0.5) is 14.5 Å². The molecule has 3 rings (SSSR count). The Labute approximate surface area is 144 Å². The van der Waals surface area contributed by atoms with Crippen LogP contribution in [0.3, 0.4) is 0 Å². The molecule has 8 heteroatoms. The third kappa shape index (κ3) is 3.85. The van der Waals surface area contributed by atoms with E-state index in [9.17, 15) is 22.0 Å². The molecule has 1 aliphatic heterocycles. The minimum absolute atomic E-state index is 0.414. The van der Waals surface area contributed by atoms with Crippen LogP contribution in [0.1, 0.15) is 11.1 Å². The van der Waals surface area contributed by atoms with E-state index in [0.717, 1.165) is 29.4 Å². The molecule has 0 fully saturated rings. The van der Waals surface area contributed by atoms with Gasteiger partial charge in [0.2, 0.25) is 15.9 Å². The Hall–Kier alpha value is -2.32. The lowest BCUT2D eigenvalue weighted by atomic mass is 10.2. The summed E-state index contributed by atoms with van der Waals surface area (Å²) in [5.74, 6) is -3.16. The van der Waals surface area contributed by atoms with Crippen LogP contribution in [-0.4, -0.2) is 27.4 Å². The van der Waals surface area contributed by atoms with E-state index in [1.54, 1.807) is 12.1 Å². The smallest absolute Gasteiger partial charge is 0.242 e. The Morgan fingerprint density at radius 3 is 2.48 bits per heavy atom. The standard InChI is InChI=1S/C17H16F2N2O3S/c18-14-5-3-6-15(19)13(14)11-25(23,24)20-10-17(22)21-9-8-12-4-1-2-7-16(12)21/h1-7,20H,8-11H2. The van der Waals surface area contributed by atoms with Crippen molar-refractivity contribution in [1.29, 1.82) is 0 Å². The van der Waals surface area contributed by atoms with Gasteiger partial charge in [-0.2, -0.15) is 0 Å². The molecule has 1 heterocycles. The number of halogens is 2. The Kier molecular flexibility index (Phi) is 4.82. The van der Waals surface area contributed by atoms with Gasteiger partial charge in [-0.15, -0.1) is 0 Å². The maximum atomic E-state index is 13.6. The number of amides is 1. The second-order valence-corrected chi connectivity index (χ2v) is 7.51. The first-order valence-electron chi connectivity index (χ1n) is 7.66. The largest absolute Gasteiger partial charge is 0.311 e.